The molecule has 9 heteroatoms. The number of primary amides is 1. The van der Waals surface area contributed by atoms with E-state index in [1.54, 1.807) is 6.92 Å². The van der Waals surface area contributed by atoms with Crippen LogP contribution in [0.3, 0.4) is 0 Å². The molecule has 1 atom stereocenters. The third kappa shape index (κ3) is 10.2. The largest absolute Gasteiger partial charge is 0.468 e. The normalized spacial score (nSPS) is 14.3. The Morgan fingerprint density at radius 1 is 1.19 bits per heavy atom. The summed E-state index contributed by atoms with van der Waals surface area (Å²) in [7, 11) is 1.25. The number of aliphatic hydroxyl groups is 1. The van der Waals surface area contributed by atoms with E-state index in [9.17, 15) is 14.4 Å². The van der Waals surface area contributed by atoms with Crippen LogP contribution in [-0.2, 0) is 20.9 Å². The Bertz CT molecular complexity index is 954. The molecule has 198 valence electrons. The highest BCUT2D eigenvalue weighted by Gasteiger charge is 2.25. The Kier molecular flexibility index (Phi) is 12.7. The first-order valence-corrected chi connectivity index (χ1v) is 12.6. The van der Waals surface area contributed by atoms with Crippen molar-refractivity contribution in [2.45, 2.75) is 77.2 Å². The van der Waals surface area contributed by atoms with E-state index in [1.807, 2.05) is 30.3 Å². The van der Waals surface area contributed by atoms with Crippen LogP contribution in [0.1, 0.15) is 91.4 Å². The van der Waals surface area contributed by atoms with Crippen LogP contribution in [0.25, 0.3) is 0 Å². The monoisotopic (exact) mass is 501 g/mol. The number of oxazole rings is 1. The fourth-order valence-corrected chi connectivity index (χ4v) is 4.38. The van der Waals surface area contributed by atoms with Crippen LogP contribution in [0.4, 0.5) is 0 Å². The Hall–Kier alpha value is -3.20. The van der Waals surface area contributed by atoms with Crippen molar-refractivity contribution < 1.29 is 28.6 Å². The van der Waals surface area contributed by atoms with E-state index in [0.717, 1.165) is 30.7 Å². The average molecular weight is 502 g/mol. The van der Waals surface area contributed by atoms with Gasteiger partial charge in [-0.15, -0.1) is 0 Å². The van der Waals surface area contributed by atoms with Gasteiger partial charge >= 0.3 is 5.97 Å². The molecule has 3 rings (SSSR count). The molecule has 2 amide bonds. The minimum absolute atomic E-state index is 0.112. The zero-order valence-corrected chi connectivity index (χ0v) is 21.3. The number of nitrogens with one attached hydrogen (secondary N) is 1. The Labute approximate surface area is 212 Å². The van der Waals surface area contributed by atoms with Gasteiger partial charge in [0.25, 0.3) is 5.91 Å². The summed E-state index contributed by atoms with van der Waals surface area (Å²) >= 11 is 0. The standard InChI is InChI=1S/C20H31N3O5.C7H8O/c1-13-18(19(26)22-12-17(25)27-2)23-20(28-13)15(11-16(21)24)10-6-9-14-7-4-3-5-8-14;8-6-7-4-2-1-3-5-7/h14-15H,3-12H2,1-2H3,(H2,21,24)(H,22,26);1-5,8H,6H2. The van der Waals surface area contributed by atoms with Gasteiger partial charge < -0.3 is 25.3 Å². The Morgan fingerprint density at radius 3 is 2.47 bits per heavy atom. The molecule has 0 radical (unpaired) electrons. The predicted octanol–water partition coefficient (Wildman–Crippen LogP) is 3.77. The molecule has 1 aromatic carbocycles. The molecule has 1 unspecified atom stereocenters. The number of nitrogens with zero attached hydrogens (tertiary/aromatic N) is 1. The molecule has 1 aliphatic rings. The van der Waals surface area contributed by atoms with Crippen molar-refractivity contribution in [3.63, 3.8) is 0 Å². The van der Waals surface area contributed by atoms with E-state index in [1.165, 1.54) is 39.2 Å². The number of rotatable bonds is 11. The maximum atomic E-state index is 12.2. The van der Waals surface area contributed by atoms with Gasteiger partial charge in [-0.3, -0.25) is 14.4 Å². The summed E-state index contributed by atoms with van der Waals surface area (Å²) in [6.07, 6.45) is 9.46. The quantitative estimate of drug-likeness (QED) is 0.397. The van der Waals surface area contributed by atoms with Crippen LogP contribution >= 0.6 is 0 Å². The second-order valence-electron chi connectivity index (χ2n) is 9.16. The summed E-state index contributed by atoms with van der Waals surface area (Å²) in [5.41, 5.74) is 6.48. The maximum Gasteiger partial charge on any atom is 0.325 e. The number of hydrogen-bond donors (Lipinski definition) is 3. The molecule has 1 aromatic heterocycles. The van der Waals surface area contributed by atoms with Crippen LogP contribution in [0.2, 0.25) is 0 Å². The van der Waals surface area contributed by atoms with E-state index < -0.39 is 17.8 Å². The summed E-state index contributed by atoms with van der Waals surface area (Å²) < 4.78 is 10.2. The van der Waals surface area contributed by atoms with Crippen LogP contribution in [0.15, 0.2) is 34.7 Å². The van der Waals surface area contributed by atoms with Crippen molar-refractivity contribution in [3.8, 4) is 0 Å². The van der Waals surface area contributed by atoms with Crippen molar-refractivity contribution in [2.75, 3.05) is 13.7 Å². The lowest BCUT2D eigenvalue weighted by atomic mass is 9.84. The van der Waals surface area contributed by atoms with E-state index in [4.69, 9.17) is 15.3 Å². The molecular weight excluding hydrogens is 462 g/mol. The lowest BCUT2D eigenvalue weighted by Gasteiger charge is -2.22. The molecule has 1 fully saturated rings. The first-order valence-electron chi connectivity index (χ1n) is 12.6. The highest BCUT2D eigenvalue weighted by Crippen LogP contribution is 2.31. The molecule has 4 N–H and O–H groups in total. The van der Waals surface area contributed by atoms with Gasteiger partial charge in [0.15, 0.2) is 11.6 Å². The lowest BCUT2D eigenvalue weighted by molar-refractivity contribution is -0.139. The van der Waals surface area contributed by atoms with Crippen molar-refractivity contribution in [3.05, 3.63) is 53.2 Å². The number of aryl methyl sites for hydroxylation is 1. The van der Waals surface area contributed by atoms with Gasteiger partial charge in [0, 0.05) is 12.3 Å². The van der Waals surface area contributed by atoms with Crippen LogP contribution in [0.5, 0.6) is 0 Å². The average Bonchev–Trinajstić information content (AvgIpc) is 3.29. The third-order valence-electron chi connectivity index (χ3n) is 6.36. The first kappa shape index (κ1) is 29.0. The van der Waals surface area contributed by atoms with Crippen molar-refractivity contribution in [1.82, 2.24) is 10.3 Å². The number of hydrogen-bond acceptors (Lipinski definition) is 7. The van der Waals surface area contributed by atoms with E-state index >= 15 is 0 Å². The summed E-state index contributed by atoms with van der Waals surface area (Å²) in [4.78, 5) is 39.2. The van der Waals surface area contributed by atoms with Crippen LogP contribution in [0, 0.1) is 12.8 Å². The third-order valence-corrected chi connectivity index (χ3v) is 6.36. The van der Waals surface area contributed by atoms with Gasteiger partial charge in [-0.05, 0) is 24.8 Å². The van der Waals surface area contributed by atoms with Gasteiger partial charge in [-0.2, -0.15) is 0 Å². The molecule has 0 aliphatic heterocycles. The molecule has 0 saturated heterocycles. The van der Waals surface area contributed by atoms with E-state index in [2.05, 4.69) is 15.0 Å². The maximum absolute atomic E-state index is 12.2. The number of nitrogens with two attached hydrogens (primary N) is 1. The zero-order chi connectivity index (χ0) is 26.3. The number of amides is 2. The van der Waals surface area contributed by atoms with Gasteiger partial charge in [-0.1, -0.05) is 75.3 Å². The first-order chi connectivity index (χ1) is 17.3. The molecule has 1 aliphatic carbocycles. The molecular formula is C27H39N3O6. The number of aliphatic hydroxyl groups excluding tert-OH is 1. The molecule has 0 bridgehead atoms. The number of methoxy groups -OCH3 is 1. The van der Waals surface area contributed by atoms with Crippen molar-refractivity contribution in [2.24, 2.45) is 11.7 Å². The molecule has 36 heavy (non-hydrogen) atoms. The second kappa shape index (κ2) is 15.7. The number of carbonyl (C=O) groups excluding carboxylic acids is 3. The molecule has 2 aromatic rings. The SMILES string of the molecule is COC(=O)CNC(=O)c1nc(C(CCCC2CCCCC2)CC(N)=O)oc1C.OCc1ccccc1. The van der Waals surface area contributed by atoms with Crippen molar-refractivity contribution >= 4 is 17.8 Å². The lowest BCUT2D eigenvalue weighted by Crippen LogP contribution is -2.30. The van der Waals surface area contributed by atoms with Gasteiger partial charge in [0.2, 0.25) is 5.91 Å². The summed E-state index contributed by atoms with van der Waals surface area (Å²) in [6.45, 7) is 1.52. The molecule has 0 spiro atoms. The highest BCUT2D eigenvalue weighted by molar-refractivity contribution is 5.95. The summed E-state index contributed by atoms with van der Waals surface area (Å²) in [5.74, 6) is -0.282. The van der Waals surface area contributed by atoms with Gasteiger partial charge in [0.05, 0.1) is 13.7 Å². The number of carbonyl (C=O) groups is 3. The Balaban J connectivity index is 0.000000482. The topological polar surface area (TPSA) is 145 Å². The number of benzene rings is 1. The smallest absolute Gasteiger partial charge is 0.325 e. The minimum atomic E-state index is -0.552. The predicted molar refractivity (Wildman–Crippen MR) is 135 cm³/mol. The summed E-state index contributed by atoms with van der Waals surface area (Å²) in [6, 6.07) is 9.52. The molecule has 1 saturated carbocycles. The number of ether oxygens (including phenoxy) is 1. The zero-order valence-electron chi connectivity index (χ0n) is 21.3. The molecule has 9 nitrogen and oxygen atoms in total. The fraction of sp³-hybridized carbons (Fsp3) is 0.556. The highest BCUT2D eigenvalue weighted by atomic mass is 16.5. The molecule has 1 heterocycles. The van der Waals surface area contributed by atoms with Gasteiger partial charge in [0.1, 0.15) is 12.3 Å². The number of esters is 1. The van der Waals surface area contributed by atoms with Crippen LogP contribution < -0.4 is 11.1 Å². The van der Waals surface area contributed by atoms with Crippen molar-refractivity contribution in [1.29, 1.82) is 0 Å². The Morgan fingerprint density at radius 2 is 1.89 bits per heavy atom. The van der Waals surface area contributed by atoms with E-state index in [0.29, 0.717) is 11.7 Å². The minimum Gasteiger partial charge on any atom is -0.468 e. The summed E-state index contributed by atoms with van der Waals surface area (Å²) in [5, 5.41) is 11.0. The number of aromatic nitrogens is 1. The second-order valence-corrected chi connectivity index (χ2v) is 9.16. The fourth-order valence-electron chi connectivity index (χ4n) is 4.38. The van der Waals surface area contributed by atoms with E-state index in [-0.39, 0.29) is 31.2 Å². The van der Waals surface area contributed by atoms with Gasteiger partial charge in [-0.25, -0.2) is 4.98 Å². The van der Waals surface area contributed by atoms with Crippen LogP contribution in [-0.4, -0.2) is 41.5 Å².